The molecule has 0 aromatic heterocycles. The predicted molar refractivity (Wildman–Crippen MR) is 46.8 cm³/mol. The van der Waals surface area contributed by atoms with E-state index in [-0.39, 0.29) is 12.3 Å². The first-order valence-electron chi connectivity index (χ1n) is 3.79. The maximum atomic E-state index is 10.8. The molecule has 1 amide bonds. The monoisotopic (exact) mass is 192 g/mol. The van der Waals surface area contributed by atoms with Gasteiger partial charge in [0.15, 0.2) is 0 Å². The second-order valence-corrected chi connectivity index (χ2v) is 2.78. The minimum absolute atomic E-state index is 0.106. The first-order valence-corrected chi connectivity index (χ1v) is 4.17. The van der Waals surface area contributed by atoms with Gasteiger partial charge in [-0.05, 0) is 24.9 Å². The van der Waals surface area contributed by atoms with Crippen molar-refractivity contribution in [2.75, 3.05) is 6.54 Å². The summed E-state index contributed by atoms with van der Waals surface area (Å²) in [5, 5.41) is 1.99. The SMILES string of the molecule is CCNC(=O)CCC(N)C(=O)Cl. The highest BCUT2D eigenvalue weighted by molar-refractivity contribution is 6.64. The van der Waals surface area contributed by atoms with Gasteiger partial charge in [-0.3, -0.25) is 9.59 Å². The van der Waals surface area contributed by atoms with Crippen molar-refractivity contribution < 1.29 is 9.59 Å². The lowest BCUT2D eigenvalue weighted by atomic mass is 10.2. The Morgan fingerprint density at radius 2 is 2.17 bits per heavy atom. The average Bonchev–Trinajstić information content (AvgIpc) is 2.00. The minimum Gasteiger partial charge on any atom is -0.356 e. The summed E-state index contributed by atoms with van der Waals surface area (Å²) in [6.07, 6.45) is 0.543. The lowest BCUT2D eigenvalue weighted by Gasteiger charge is -2.05. The number of nitrogens with two attached hydrogens (primary N) is 1. The quantitative estimate of drug-likeness (QED) is 0.602. The molecule has 70 valence electrons. The van der Waals surface area contributed by atoms with Crippen LogP contribution in [-0.2, 0) is 9.59 Å². The summed E-state index contributed by atoms with van der Waals surface area (Å²) < 4.78 is 0. The van der Waals surface area contributed by atoms with Crippen molar-refractivity contribution in [3.05, 3.63) is 0 Å². The topological polar surface area (TPSA) is 72.2 Å². The van der Waals surface area contributed by atoms with Crippen LogP contribution in [0.4, 0.5) is 0 Å². The molecule has 0 fully saturated rings. The molecular weight excluding hydrogens is 180 g/mol. The van der Waals surface area contributed by atoms with Gasteiger partial charge < -0.3 is 11.1 Å². The molecular formula is C7H13ClN2O2. The largest absolute Gasteiger partial charge is 0.356 e. The Morgan fingerprint density at radius 3 is 2.58 bits per heavy atom. The highest BCUT2D eigenvalue weighted by Crippen LogP contribution is 1.98. The first kappa shape index (κ1) is 11.4. The Morgan fingerprint density at radius 1 is 1.58 bits per heavy atom. The Kier molecular flexibility index (Phi) is 5.66. The standard InChI is InChI=1S/C7H13ClN2O2/c1-2-10-6(11)4-3-5(9)7(8)12/h5H,2-4,9H2,1H3,(H,10,11). The number of halogens is 1. The lowest BCUT2D eigenvalue weighted by Crippen LogP contribution is -2.30. The zero-order valence-electron chi connectivity index (χ0n) is 6.97. The van der Waals surface area contributed by atoms with Crippen molar-refractivity contribution in [1.29, 1.82) is 0 Å². The summed E-state index contributed by atoms with van der Waals surface area (Å²) in [4.78, 5) is 21.3. The number of nitrogens with one attached hydrogen (secondary N) is 1. The maximum absolute atomic E-state index is 10.8. The van der Waals surface area contributed by atoms with Crippen molar-refractivity contribution >= 4 is 22.8 Å². The number of hydrogen-bond acceptors (Lipinski definition) is 3. The smallest absolute Gasteiger partial charge is 0.238 e. The molecule has 0 radical (unpaired) electrons. The summed E-state index contributed by atoms with van der Waals surface area (Å²) in [6, 6.07) is -0.728. The van der Waals surface area contributed by atoms with Crippen molar-refractivity contribution in [2.24, 2.45) is 5.73 Å². The molecule has 0 bridgehead atoms. The van der Waals surface area contributed by atoms with Gasteiger partial charge in [-0.25, -0.2) is 0 Å². The summed E-state index contributed by atoms with van der Waals surface area (Å²) in [7, 11) is 0. The molecule has 1 unspecified atom stereocenters. The van der Waals surface area contributed by atoms with Crippen LogP contribution >= 0.6 is 11.6 Å². The van der Waals surface area contributed by atoms with Crippen LogP contribution in [0.5, 0.6) is 0 Å². The fourth-order valence-corrected chi connectivity index (χ4v) is 0.795. The van der Waals surface area contributed by atoms with E-state index in [2.05, 4.69) is 5.32 Å². The molecule has 0 saturated carbocycles. The first-order chi connectivity index (χ1) is 5.57. The lowest BCUT2D eigenvalue weighted by molar-refractivity contribution is -0.121. The average molecular weight is 193 g/mol. The van der Waals surface area contributed by atoms with Crippen LogP contribution in [0.3, 0.4) is 0 Å². The molecule has 4 nitrogen and oxygen atoms in total. The number of hydrogen-bond donors (Lipinski definition) is 2. The van der Waals surface area contributed by atoms with Crippen LogP contribution in [0.1, 0.15) is 19.8 Å². The molecule has 0 aromatic carbocycles. The van der Waals surface area contributed by atoms with Gasteiger partial charge in [0.05, 0.1) is 6.04 Å². The van der Waals surface area contributed by atoms with E-state index < -0.39 is 11.3 Å². The van der Waals surface area contributed by atoms with E-state index in [9.17, 15) is 9.59 Å². The van der Waals surface area contributed by atoms with Crippen LogP contribution in [0.15, 0.2) is 0 Å². The van der Waals surface area contributed by atoms with Gasteiger partial charge in [-0.2, -0.15) is 0 Å². The second kappa shape index (κ2) is 5.97. The molecule has 3 N–H and O–H groups in total. The van der Waals surface area contributed by atoms with Crippen LogP contribution < -0.4 is 11.1 Å². The van der Waals surface area contributed by atoms with Crippen LogP contribution in [0, 0.1) is 0 Å². The summed E-state index contributed by atoms with van der Waals surface area (Å²) in [5.74, 6) is -0.106. The molecule has 5 heteroatoms. The third-order valence-electron chi connectivity index (χ3n) is 1.35. The zero-order valence-corrected chi connectivity index (χ0v) is 7.73. The normalized spacial score (nSPS) is 12.2. The number of carbonyl (C=O) groups is 2. The van der Waals surface area contributed by atoms with E-state index in [1.165, 1.54) is 0 Å². The molecule has 0 aliphatic carbocycles. The Hall–Kier alpha value is -0.610. The predicted octanol–water partition coefficient (Wildman–Crippen LogP) is -0.00460. The zero-order chi connectivity index (χ0) is 9.56. The van der Waals surface area contributed by atoms with Crippen molar-refractivity contribution in [1.82, 2.24) is 5.32 Å². The van der Waals surface area contributed by atoms with E-state index in [0.29, 0.717) is 13.0 Å². The number of rotatable bonds is 5. The highest BCUT2D eigenvalue weighted by Gasteiger charge is 2.11. The van der Waals surface area contributed by atoms with Gasteiger partial charge in [-0.15, -0.1) is 0 Å². The van der Waals surface area contributed by atoms with E-state index in [1.807, 2.05) is 6.92 Å². The van der Waals surface area contributed by atoms with Crippen molar-refractivity contribution in [2.45, 2.75) is 25.8 Å². The van der Waals surface area contributed by atoms with Gasteiger partial charge in [0.1, 0.15) is 0 Å². The molecule has 0 saturated heterocycles. The highest BCUT2D eigenvalue weighted by atomic mass is 35.5. The molecule has 12 heavy (non-hydrogen) atoms. The van der Waals surface area contributed by atoms with Gasteiger partial charge in [0.25, 0.3) is 0 Å². The Balaban J connectivity index is 3.54. The van der Waals surface area contributed by atoms with Crippen molar-refractivity contribution in [3.8, 4) is 0 Å². The molecule has 0 spiro atoms. The Labute approximate surface area is 76.4 Å². The van der Waals surface area contributed by atoms with Gasteiger partial charge in [0, 0.05) is 13.0 Å². The minimum atomic E-state index is -0.728. The fraction of sp³-hybridized carbons (Fsp3) is 0.714. The second-order valence-electron chi connectivity index (χ2n) is 2.40. The van der Waals surface area contributed by atoms with E-state index in [4.69, 9.17) is 17.3 Å². The maximum Gasteiger partial charge on any atom is 0.238 e. The van der Waals surface area contributed by atoms with E-state index in [0.717, 1.165) is 0 Å². The molecule has 0 heterocycles. The summed E-state index contributed by atoms with van der Waals surface area (Å²) in [6.45, 7) is 2.41. The third-order valence-corrected chi connectivity index (χ3v) is 1.63. The van der Waals surface area contributed by atoms with E-state index >= 15 is 0 Å². The third kappa shape index (κ3) is 5.09. The van der Waals surface area contributed by atoms with Crippen LogP contribution in [0.25, 0.3) is 0 Å². The van der Waals surface area contributed by atoms with E-state index in [1.54, 1.807) is 0 Å². The van der Waals surface area contributed by atoms with Gasteiger partial charge in [-0.1, -0.05) is 0 Å². The number of amides is 1. The fourth-order valence-electron chi connectivity index (χ4n) is 0.686. The summed E-state index contributed by atoms with van der Waals surface area (Å²) >= 11 is 5.09. The molecule has 0 aromatic rings. The molecule has 1 atom stereocenters. The van der Waals surface area contributed by atoms with Gasteiger partial charge >= 0.3 is 0 Å². The molecule has 0 aliphatic heterocycles. The molecule has 0 rings (SSSR count). The molecule has 0 aliphatic rings. The van der Waals surface area contributed by atoms with Gasteiger partial charge in [0.2, 0.25) is 11.1 Å². The van der Waals surface area contributed by atoms with Crippen molar-refractivity contribution in [3.63, 3.8) is 0 Å². The van der Waals surface area contributed by atoms with Crippen LogP contribution in [-0.4, -0.2) is 23.7 Å². The van der Waals surface area contributed by atoms with Crippen LogP contribution in [0.2, 0.25) is 0 Å². The summed E-state index contributed by atoms with van der Waals surface area (Å²) in [5.41, 5.74) is 5.30. The Bertz CT molecular complexity index is 173. The number of carbonyl (C=O) groups excluding carboxylic acids is 2.